The van der Waals surface area contributed by atoms with E-state index in [2.05, 4.69) is 10.3 Å². The first-order valence-corrected chi connectivity index (χ1v) is 10.3. The maximum absolute atomic E-state index is 12.4. The summed E-state index contributed by atoms with van der Waals surface area (Å²) in [4.78, 5) is 16.7. The van der Waals surface area contributed by atoms with E-state index in [4.69, 9.17) is 4.42 Å². The van der Waals surface area contributed by atoms with Crippen molar-refractivity contribution in [3.63, 3.8) is 0 Å². The van der Waals surface area contributed by atoms with Crippen LogP contribution in [0.1, 0.15) is 11.3 Å². The summed E-state index contributed by atoms with van der Waals surface area (Å²) in [6, 6.07) is 23.4. The molecule has 4 aromatic rings. The molecule has 0 radical (unpaired) electrons. The number of carbonyl (C=O) groups excluding carboxylic acids is 1. The largest absolute Gasteiger partial charge is 0.450 e. The van der Waals surface area contributed by atoms with Crippen molar-refractivity contribution in [1.82, 2.24) is 10.3 Å². The van der Waals surface area contributed by atoms with Gasteiger partial charge in [0.2, 0.25) is 0 Å². The number of carbonyl (C=O) groups is 1. The molecule has 0 saturated carbocycles. The average molecular weight is 414 g/mol. The zero-order valence-corrected chi connectivity index (χ0v) is 16.9. The van der Waals surface area contributed by atoms with Gasteiger partial charge in [0, 0.05) is 34.6 Å². The van der Waals surface area contributed by atoms with Crippen molar-refractivity contribution in [3.05, 3.63) is 89.8 Å². The Hall–Kier alpha value is -3.69. The van der Waals surface area contributed by atoms with Crippen LogP contribution < -0.4 is 5.32 Å². The molecule has 4 rings (SSSR count). The van der Waals surface area contributed by atoms with Gasteiger partial charge in [-0.3, -0.25) is 4.79 Å². The Kier molecular flexibility index (Phi) is 6.02. The molecule has 0 aliphatic heterocycles. The van der Waals surface area contributed by atoms with E-state index in [0.29, 0.717) is 23.8 Å². The summed E-state index contributed by atoms with van der Waals surface area (Å²) in [6.45, 7) is 0.437. The van der Waals surface area contributed by atoms with Gasteiger partial charge in [-0.15, -0.1) is 0 Å². The number of furan rings is 1. The van der Waals surface area contributed by atoms with Gasteiger partial charge in [-0.1, -0.05) is 48.2 Å². The summed E-state index contributed by atoms with van der Waals surface area (Å²) in [7, 11) is 0. The number of hydrogen-bond acceptors (Lipinski definition) is 4. The second-order valence-corrected chi connectivity index (χ2v) is 7.69. The van der Waals surface area contributed by atoms with Gasteiger partial charge >= 0.3 is 0 Å². The molecule has 5 nitrogen and oxygen atoms in total. The molecular formula is C24H19N3O2S. The van der Waals surface area contributed by atoms with Crippen LogP contribution in [0.15, 0.2) is 92.9 Å². The Morgan fingerprint density at radius 3 is 2.73 bits per heavy atom. The molecule has 1 amide bonds. The Labute approximate surface area is 178 Å². The van der Waals surface area contributed by atoms with Crippen molar-refractivity contribution in [2.45, 2.75) is 16.4 Å². The van der Waals surface area contributed by atoms with E-state index in [1.807, 2.05) is 72.9 Å². The molecule has 0 bridgehead atoms. The molecule has 0 unspecified atom stereocenters. The van der Waals surface area contributed by atoms with Gasteiger partial charge < -0.3 is 14.7 Å². The van der Waals surface area contributed by atoms with Crippen molar-refractivity contribution >= 4 is 34.6 Å². The lowest BCUT2D eigenvalue weighted by Crippen LogP contribution is -2.26. The lowest BCUT2D eigenvalue weighted by atomic mass is 10.1. The zero-order valence-electron chi connectivity index (χ0n) is 16.1. The number of H-pyrrole nitrogens is 1. The average Bonchev–Trinajstić information content (AvgIpc) is 3.39. The van der Waals surface area contributed by atoms with Crippen LogP contribution in [0.5, 0.6) is 0 Å². The minimum absolute atomic E-state index is 0.0135. The Balaban J connectivity index is 1.36. The van der Waals surface area contributed by atoms with Gasteiger partial charge in [-0.25, -0.2) is 0 Å². The van der Waals surface area contributed by atoms with Crippen molar-refractivity contribution in [3.8, 4) is 6.07 Å². The third kappa shape index (κ3) is 4.65. The van der Waals surface area contributed by atoms with Crippen LogP contribution in [0, 0.1) is 11.3 Å². The number of nitrogens with zero attached hydrogens (tertiary/aromatic N) is 1. The normalized spacial score (nSPS) is 11.4. The van der Waals surface area contributed by atoms with Crippen molar-refractivity contribution in [2.75, 3.05) is 6.54 Å². The number of rotatable bonds is 7. The van der Waals surface area contributed by atoms with E-state index in [-0.39, 0.29) is 5.57 Å². The number of aromatic amines is 1. The first-order valence-electron chi connectivity index (χ1n) is 9.50. The van der Waals surface area contributed by atoms with Gasteiger partial charge in [-0.05, 0) is 42.3 Å². The molecule has 30 heavy (non-hydrogen) atoms. The summed E-state index contributed by atoms with van der Waals surface area (Å²) in [5.74, 6) is 0.0581. The van der Waals surface area contributed by atoms with Crippen LogP contribution >= 0.6 is 11.8 Å². The van der Waals surface area contributed by atoms with E-state index in [0.717, 1.165) is 21.4 Å². The lowest BCUT2D eigenvalue weighted by Gasteiger charge is -2.03. The van der Waals surface area contributed by atoms with Crippen LogP contribution in [0.3, 0.4) is 0 Å². The molecule has 148 valence electrons. The fraction of sp³-hybridized carbons (Fsp3) is 0.0833. The van der Waals surface area contributed by atoms with Crippen LogP contribution in [0.4, 0.5) is 0 Å². The van der Waals surface area contributed by atoms with Crippen molar-refractivity contribution in [1.29, 1.82) is 5.26 Å². The monoisotopic (exact) mass is 413 g/mol. The summed E-state index contributed by atoms with van der Waals surface area (Å²) in [5, 5.41) is 14.0. The van der Waals surface area contributed by atoms with Gasteiger partial charge in [0.1, 0.15) is 17.4 Å². The number of amides is 1. The number of nitriles is 1. The fourth-order valence-corrected chi connectivity index (χ4v) is 3.91. The Bertz CT molecular complexity index is 1230. The summed E-state index contributed by atoms with van der Waals surface area (Å²) in [5.41, 5.74) is 2.21. The zero-order chi connectivity index (χ0) is 20.8. The fourth-order valence-electron chi connectivity index (χ4n) is 3.11. The first kappa shape index (κ1) is 19.6. The van der Waals surface area contributed by atoms with Crippen LogP contribution in [-0.4, -0.2) is 17.4 Å². The van der Waals surface area contributed by atoms with Crippen LogP contribution in [0.25, 0.3) is 17.0 Å². The van der Waals surface area contributed by atoms with E-state index < -0.39 is 5.91 Å². The second kappa shape index (κ2) is 9.21. The first-order chi connectivity index (χ1) is 14.7. The number of para-hydroxylation sites is 1. The SMILES string of the molecule is N#CC(=Cc1ccc(Sc2ccccc2)o1)C(=O)NCCc1c[nH]c2ccccc12. The Morgan fingerprint density at radius 1 is 1.10 bits per heavy atom. The minimum atomic E-state index is -0.411. The predicted molar refractivity (Wildman–Crippen MR) is 118 cm³/mol. The molecule has 0 aliphatic rings. The maximum Gasteiger partial charge on any atom is 0.262 e. The molecule has 0 spiro atoms. The molecule has 2 heterocycles. The standard InChI is InChI=1S/C24H19N3O2S/c25-15-18(14-19-10-11-23(29-19)30-20-6-2-1-3-7-20)24(28)26-13-12-17-16-27-22-9-5-4-8-21(17)22/h1-11,14,16,27H,12-13H2,(H,26,28). The van der Waals surface area contributed by atoms with Gasteiger partial charge in [0.25, 0.3) is 5.91 Å². The summed E-state index contributed by atoms with van der Waals surface area (Å²) >= 11 is 1.48. The third-order valence-corrected chi connectivity index (χ3v) is 5.50. The number of aromatic nitrogens is 1. The van der Waals surface area contributed by atoms with Gasteiger partial charge in [-0.2, -0.15) is 5.26 Å². The molecule has 0 atom stereocenters. The molecule has 6 heteroatoms. The smallest absolute Gasteiger partial charge is 0.262 e. The van der Waals surface area contributed by atoms with E-state index >= 15 is 0 Å². The van der Waals surface area contributed by atoms with Gasteiger partial charge in [0.05, 0.1) is 0 Å². The summed E-state index contributed by atoms with van der Waals surface area (Å²) in [6.07, 6.45) is 4.09. The highest BCUT2D eigenvalue weighted by Crippen LogP contribution is 2.29. The number of benzene rings is 2. The van der Waals surface area contributed by atoms with E-state index in [1.54, 1.807) is 6.07 Å². The maximum atomic E-state index is 12.4. The lowest BCUT2D eigenvalue weighted by molar-refractivity contribution is -0.117. The predicted octanol–water partition coefficient (Wildman–Crippen LogP) is 5.18. The quantitative estimate of drug-likeness (QED) is 0.323. The molecule has 2 aromatic carbocycles. The number of fused-ring (bicyclic) bond motifs is 1. The number of nitrogens with one attached hydrogen (secondary N) is 2. The highest BCUT2D eigenvalue weighted by Gasteiger charge is 2.11. The van der Waals surface area contributed by atoms with Crippen LogP contribution in [-0.2, 0) is 11.2 Å². The minimum Gasteiger partial charge on any atom is -0.450 e. The van der Waals surface area contributed by atoms with Crippen molar-refractivity contribution in [2.24, 2.45) is 0 Å². The molecule has 2 N–H and O–H groups in total. The van der Waals surface area contributed by atoms with Gasteiger partial charge in [0.15, 0.2) is 5.09 Å². The van der Waals surface area contributed by atoms with E-state index in [9.17, 15) is 10.1 Å². The molecule has 2 aromatic heterocycles. The summed E-state index contributed by atoms with van der Waals surface area (Å²) < 4.78 is 5.73. The highest BCUT2D eigenvalue weighted by molar-refractivity contribution is 7.99. The molecule has 0 fully saturated rings. The van der Waals surface area contributed by atoms with Crippen LogP contribution in [0.2, 0.25) is 0 Å². The Morgan fingerprint density at radius 2 is 1.90 bits per heavy atom. The van der Waals surface area contributed by atoms with E-state index in [1.165, 1.54) is 17.8 Å². The topological polar surface area (TPSA) is 81.8 Å². The van der Waals surface area contributed by atoms with Crippen molar-refractivity contribution < 1.29 is 9.21 Å². The molecular weight excluding hydrogens is 394 g/mol. The molecule has 0 saturated heterocycles. The molecule has 0 aliphatic carbocycles. The second-order valence-electron chi connectivity index (χ2n) is 6.61. The third-order valence-electron chi connectivity index (χ3n) is 4.57. The highest BCUT2D eigenvalue weighted by atomic mass is 32.2. The number of hydrogen-bond donors (Lipinski definition) is 2.